The second-order valence-electron chi connectivity index (χ2n) is 7.95. The summed E-state index contributed by atoms with van der Waals surface area (Å²) in [5.41, 5.74) is 2.14. The van der Waals surface area contributed by atoms with E-state index < -0.39 is 5.41 Å². The number of para-hydroxylation sites is 1. The molecule has 0 bridgehead atoms. The molecule has 3 aromatic carbocycles. The third-order valence-corrected chi connectivity index (χ3v) is 6.66. The van der Waals surface area contributed by atoms with Crippen molar-refractivity contribution in [2.75, 3.05) is 17.2 Å². The lowest BCUT2D eigenvalue weighted by atomic mass is 9.78. The Balaban J connectivity index is 1.47. The van der Waals surface area contributed by atoms with Crippen molar-refractivity contribution in [3.05, 3.63) is 83.4 Å². The number of amides is 2. The molecule has 2 heterocycles. The van der Waals surface area contributed by atoms with E-state index >= 15 is 0 Å². The van der Waals surface area contributed by atoms with Crippen molar-refractivity contribution in [2.45, 2.75) is 18.8 Å². The van der Waals surface area contributed by atoms with Crippen molar-refractivity contribution in [3.63, 3.8) is 0 Å². The fourth-order valence-electron chi connectivity index (χ4n) is 3.85. The van der Waals surface area contributed by atoms with Gasteiger partial charge in [-0.25, -0.2) is 4.98 Å². The molecule has 160 valence electrons. The van der Waals surface area contributed by atoms with E-state index in [-0.39, 0.29) is 18.4 Å². The maximum Gasteiger partial charge on any atom is 0.262 e. The number of benzene rings is 3. The number of aromatic nitrogens is 1. The van der Waals surface area contributed by atoms with Crippen LogP contribution in [0, 0.1) is 0 Å². The first-order chi connectivity index (χ1) is 15.5. The van der Waals surface area contributed by atoms with E-state index in [1.807, 2.05) is 61.5 Å². The van der Waals surface area contributed by atoms with Crippen molar-refractivity contribution in [1.82, 2.24) is 4.98 Å². The SMILES string of the molecule is CC(Cc1nc2ccccc2s1)(C(=O)Nc1ccc2c(c1)NC(=O)CO2)c1ccccc1. The average molecular weight is 444 g/mol. The summed E-state index contributed by atoms with van der Waals surface area (Å²) in [6.45, 7) is 1.93. The van der Waals surface area contributed by atoms with E-state index in [4.69, 9.17) is 9.72 Å². The molecule has 1 atom stereocenters. The molecule has 32 heavy (non-hydrogen) atoms. The van der Waals surface area contributed by atoms with Crippen LogP contribution in [0.5, 0.6) is 5.75 Å². The second-order valence-corrected chi connectivity index (χ2v) is 9.07. The summed E-state index contributed by atoms with van der Waals surface area (Å²) in [5.74, 6) is 0.222. The molecule has 1 aliphatic rings. The zero-order chi connectivity index (χ0) is 22.1. The van der Waals surface area contributed by atoms with Crippen molar-refractivity contribution in [1.29, 1.82) is 0 Å². The molecule has 7 heteroatoms. The van der Waals surface area contributed by atoms with Gasteiger partial charge in [-0.05, 0) is 42.8 Å². The molecule has 2 amide bonds. The summed E-state index contributed by atoms with van der Waals surface area (Å²) in [6, 6.07) is 23.0. The van der Waals surface area contributed by atoms with Gasteiger partial charge >= 0.3 is 0 Å². The third-order valence-electron chi connectivity index (χ3n) is 5.63. The summed E-state index contributed by atoms with van der Waals surface area (Å²) < 4.78 is 6.51. The molecule has 1 aromatic heterocycles. The number of hydrogen-bond donors (Lipinski definition) is 2. The highest BCUT2D eigenvalue weighted by Gasteiger charge is 2.36. The highest BCUT2D eigenvalue weighted by atomic mass is 32.1. The summed E-state index contributed by atoms with van der Waals surface area (Å²) >= 11 is 1.61. The van der Waals surface area contributed by atoms with E-state index in [0.29, 0.717) is 23.5 Å². The van der Waals surface area contributed by atoms with E-state index in [9.17, 15) is 9.59 Å². The first kappa shape index (κ1) is 20.2. The summed E-state index contributed by atoms with van der Waals surface area (Å²) in [5, 5.41) is 6.71. The van der Waals surface area contributed by atoms with Gasteiger partial charge in [0.1, 0.15) is 5.75 Å². The molecule has 0 fully saturated rings. The van der Waals surface area contributed by atoms with E-state index in [1.54, 1.807) is 29.5 Å². The van der Waals surface area contributed by atoms with Gasteiger partial charge < -0.3 is 15.4 Å². The van der Waals surface area contributed by atoms with Crippen LogP contribution in [-0.2, 0) is 21.4 Å². The van der Waals surface area contributed by atoms with Gasteiger partial charge in [0.15, 0.2) is 6.61 Å². The zero-order valence-electron chi connectivity index (χ0n) is 17.4. The molecule has 4 aromatic rings. The molecule has 5 rings (SSSR count). The normalized spacial score (nSPS) is 14.7. The highest BCUT2D eigenvalue weighted by Crippen LogP contribution is 2.35. The van der Waals surface area contributed by atoms with Crippen LogP contribution in [-0.4, -0.2) is 23.4 Å². The van der Waals surface area contributed by atoms with Gasteiger partial charge in [-0.1, -0.05) is 42.5 Å². The van der Waals surface area contributed by atoms with E-state index in [1.165, 1.54) is 0 Å². The lowest BCUT2D eigenvalue weighted by molar-refractivity contribution is -0.121. The smallest absolute Gasteiger partial charge is 0.262 e. The summed E-state index contributed by atoms with van der Waals surface area (Å²) in [7, 11) is 0. The Hall–Kier alpha value is -3.71. The molecule has 0 aliphatic carbocycles. The van der Waals surface area contributed by atoms with Gasteiger partial charge in [0.25, 0.3) is 5.91 Å². The lowest BCUT2D eigenvalue weighted by Gasteiger charge is -2.28. The van der Waals surface area contributed by atoms with Crippen molar-refractivity contribution < 1.29 is 14.3 Å². The monoisotopic (exact) mass is 443 g/mol. The molecule has 0 radical (unpaired) electrons. The van der Waals surface area contributed by atoms with Crippen LogP contribution < -0.4 is 15.4 Å². The number of rotatable bonds is 5. The molecule has 1 unspecified atom stereocenters. The molecule has 1 aliphatic heterocycles. The maximum absolute atomic E-state index is 13.6. The largest absolute Gasteiger partial charge is 0.482 e. The fraction of sp³-hybridized carbons (Fsp3) is 0.160. The Morgan fingerprint density at radius 3 is 2.72 bits per heavy atom. The molecule has 0 spiro atoms. The first-order valence-electron chi connectivity index (χ1n) is 10.3. The van der Waals surface area contributed by atoms with Crippen molar-refractivity contribution in [3.8, 4) is 5.75 Å². The maximum atomic E-state index is 13.6. The standard InChI is InChI=1S/C25H21N3O3S/c1-25(16-7-3-2-4-8-16,14-23-28-18-9-5-6-10-21(18)32-23)24(30)26-17-11-12-20-19(13-17)27-22(29)15-31-20/h2-13H,14-15H2,1H3,(H,26,30)(H,27,29). The predicted molar refractivity (Wildman–Crippen MR) is 126 cm³/mol. The van der Waals surface area contributed by atoms with Crippen LogP contribution >= 0.6 is 11.3 Å². The summed E-state index contributed by atoms with van der Waals surface area (Å²) in [4.78, 5) is 30.0. The van der Waals surface area contributed by atoms with Gasteiger partial charge in [-0.15, -0.1) is 11.3 Å². The van der Waals surface area contributed by atoms with Crippen molar-refractivity contribution >= 4 is 44.7 Å². The number of nitrogens with zero attached hydrogens (tertiary/aromatic N) is 1. The average Bonchev–Trinajstić information content (AvgIpc) is 3.21. The Morgan fingerprint density at radius 2 is 1.91 bits per heavy atom. The Morgan fingerprint density at radius 1 is 1.12 bits per heavy atom. The van der Waals surface area contributed by atoms with Crippen LogP contribution in [0.1, 0.15) is 17.5 Å². The number of fused-ring (bicyclic) bond motifs is 2. The number of hydrogen-bond acceptors (Lipinski definition) is 5. The topological polar surface area (TPSA) is 80.3 Å². The summed E-state index contributed by atoms with van der Waals surface area (Å²) in [6.07, 6.45) is 0.465. The number of carbonyl (C=O) groups excluding carboxylic acids is 2. The minimum atomic E-state index is -0.842. The van der Waals surface area contributed by atoms with Crippen molar-refractivity contribution in [2.24, 2.45) is 0 Å². The van der Waals surface area contributed by atoms with Gasteiger partial charge in [0.05, 0.1) is 26.3 Å². The Labute approximate surface area is 189 Å². The van der Waals surface area contributed by atoms with Gasteiger partial charge in [0.2, 0.25) is 5.91 Å². The van der Waals surface area contributed by atoms with E-state index in [2.05, 4.69) is 10.6 Å². The molecule has 6 nitrogen and oxygen atoms in total. The fourth-order valence-corrected chi connectivity index (χ4v) is 4.97. The highest BCUT2D eigenvalue weighted by molar-refractivity contribution is 7.18. The molecule has 2 N–H and O–H groups in total. The second kappa shape index (κ2) is 8.09. The number of carbonyl (C=O) groups is 2. The number of thiazole rings is 1. The first-order valence-corrected chi connectivity index (χ1v) is 11.1. The molecule has 0 saturated heterocycles. The zero-order valence-corrected chi connectivity index (χ0v) is 18.2. The number of anilines is 2. The third kappa shape index (κ3) is 3.83. The molecule has 0 saturated carbocycles. The van der Waals surface area contributed by atoms with Crippen LogP contribution in [0.3, 0.4) is 0 Å². The van der Waals surface area contributed by atoms with E-state index in [0.717, 1.165) is 20.8 Å². The predicted octanol–water partition coefficient (Wildman–Crippen LogP) is 4.77. The minimum Gasteiger partial charge on any atom is -0.482 e. The lowest BCUT2D eigenvalue weighted by Crippen LogP contribution is -2.39. The van der Waals surface area contributed by atoms with Gasteiger partial charge in [-0.2, -0.15) is 0 Å². The van der Waals surface area contributed by atoms with Crippen LogP contribution in [0.25, 0.3) is 10.2 Å². The number of nitrogens with one attached hydrogen (secondary N) is 2. The van der Waals surface area contributed by atoms with Gasteiger partial charge in [-0.3, -0.25) is 9.59 Å². The Kier molecular flexibility index (Phi) is 5.11. The quantitative estimate of drug-likeness (QED) is 0.466. The molecular formula is C25H21N3O3S. The minimum absolute atomic E-state index is 0.00699. The van der Waals surface area contributed by atoms with Crippen LogP contribution in [0.15, 0.2) is 72.8 Å². The van der Waals surface area contributed by atoms with Crippen LogP contribution in [0.2, 0.25) is 0 Å². The Bertz CT molecular complexity index is 1290. The molecular weight excluding hydrogens is 422 g/mol. The van der Waals surface area contributed by atoms with Gasteiger partial charge in [0, 0.05) is 12.1 Å². The van der Waals surface area contributed by atoms with Crippen LogP contribution in [0.4, 0.5) is 11.4 Å². The number of ether oxygens (including phenoxy) is 1.